The predicted octanol–water partition coefficient (Wildman–Crippen LogP) is 3.67. The lowest BCUT2D eigenvalue weighted by Crippen LogP contribution is -3.18. The van der Waals surface area contributed by atoms with Crippen LogP contribution in [0, 0.1) is 5.92 Å². The third kappa shape index (κ3) is 4.21. The molecule has 0 saturated carbocycles. The van der Waals surface area contributed by atoms with Gasteiger partial charge in [0.05, 0.1) is 25.4 Å². The molecule has 0 aromatic carbocycles. The Labute approximate surface area is 192 Å². The Bertz CT molecular complexity index is 1160. The van der Waals surface area contributed by atoms with Crippen LogP contribution in [0.3, 0.4) is 0 Å². The second kappa shape index (κ2) is 8.64. The maximum Gasteiger partial charge on any atom is 0.433 e. The van der Waals surface area contributed by atoms with E-state index in [0.717, 1.165) is 38.4 Å². The van der Waals surface area contributed by atoms with E-state index in [0.29, 0.717) is 10.6 Å². The Morgan fingerprint density at radius 2 is 2.09 bits per heavy atom. The maximum atomic E-state index is 13.7. The molecule has 33 heavy (non-hydrogen) atoms. The summed E-state index contributed by atoms with van der Waals surface area (Å²) in [7, 11) is 0. The molecular weight excluding hydrogens is 461 g/mol. The molecule has 3 aromatic heterocycles. The molecule has 5 heterocycles. The highest BCUT2D eigenvalue weighted by molar-refractivity contribution is 6.36. The largest absolute Gasteiger partial charge is 0.463 e. The average Bonchev–Trinajstić information content (AvgIpc) is 3.45. The normalized spacial score (nSPS) is 23.5. The summed E-state index contributed by atoms with van der Waals surface area (Å²) in [4.78, 5) is 18.5. The Balaban J connectivity index is 1.43. The molecule has 0 spiro atoms. The minimum absolute atomic E-state index is 0.0656. The van der Waals surface area contributed by atoms with Crippen LogP contribution in [-0.4, -0.2) is 46.3 Å². The quantitative estimate of drug-likeness (QED) is 0.573. The number of piperidine rings is 2. The molecule has 11 heteroatoms. The van der Waals surface area contributed by atoms with E-state index in [-0.39, 0.29) is 40.3 Å². The summed E-state index contributed by atoms with van der Waals surface area (Å²) in [5.74, 6) is -0.481. The summed E-state index contributed by atoms with van der Waals surface area (Å²) in [5, 5.41) is 3.55. The number of hydrogen-bond acceptors (Lipinski definition) is 5. The molecule has 1 N–H and O–H groups in total. The van der Waals surface area contributed by atoms with Gasteiger partial charge in [0.15, 0.2) is 22.8 Å². The number of carbonyl (C=O) groups excluding carboxylic acids is 1. The fraction of sp³-hybridized carbons (Fsp3) is 0.500. The Kier molecular flexibility index (Phi) is 5.82. The van der Waals surface area contributed by atoms with Crippen LogP contribution in [0.2, 0.25) is 5.02 Å². The minimum Gasteiger partial charge on any atom is -0.463 e. The first-order valence-corrected chi connectivity index (χ1v) is 11.4. The van der Waals surface area contributed by atoms with E-state index in [1.165, 1.54) is 31.2 Å². The van der Waals surface area contributed by atoms with E-state index in [1.807, 2.05) is 0 Å². The first-order chi connectivity index (χ1) is 15.8. The summed E-state index contributed by atoms with van der Waals surface area (Å²) < 4.78 is 52.5. The zero-order chi connectivity index (χ0) is 23.2. The molecule has 7 nitrogen and oxygen atoms in total. The lowest BCUT2D eigenvalue weighted by atomic mass is 9.84. The van der Waals surface area contributed by atoms with Crippen molar-refractivity contribution in [3.63, 3.8) is 0 Å². The minimum atomic E-state index is -4.76. The van der Waals surface area contributed by atoms with Crippen LogP contribution in [0.15, 0.2) is 28.9 Å². The molecule has 3 atom stereocenters. The molecule has 0 aliphatic carbocycles. The monoisotopic (exact) mass is 483 g/mol. The third-order valence-electron chi connectivity index (χ3n) is 6.65. The number of esters is 1. The number of ether oxygens (including phenoxy) is 1. The van der Waals surface area contributed by atoms with E-state index >= 15 is 0 Å². The van der Waals surface area contributed by atoms with Crippen molar-refractivity contribution in [3.8, 4) is 11.5 Å². The number of nitrogens with one attached hydrogen (secondary N) is 1. The Morgan fingerprint density at radius 3 is 2.85 bits per heavy atom. The van der Waals surface area contributed by atoms with Crippen LogP contribution in [0.1, 0.15) is 48.3 Å². The molecule has 176 valence electrons. The van der Waals surface area contributed by atoms with Gasteiger partial charge in [0, 0.05) is 5.92 Å². The van der Waals surface area contributed by atoms with Gasteiger partial charge in [-0.25, -0.2) is 14.3 Å². The second-order valence-corrected chi connectivity index (χ2v) is 9.04. The van der Waals surface area contributed by atoms with Gasteiger partial charge in [-0.2, -0.15) is 18.3 Å². The number of quaternary nitrogens is 1. The highest BCUT2D eigenvalue weighted by Gasteiger charge is 2.39. The third-order valence-corrected chi connectivity index (χ3v) is 7.00. The second-order valence-electron chi connectivity index (χ2n) is 8.66. The molecule has 0 bridgehead atoms. The van der Waals surface area contributed by atoms with E-state index in [4.69, 9.17) is 20.8 Å². The molecular formula is C22H23ClF3N4O3+. The van der Waals surface area contributed by atoms with Crippen LogP contribution in [0.4, 0.5) is 13.2 Å². The van der Waals surface area contributed by atoms with Crippen molar-refractivity contribution in [1.82, 2.24) is 14.6 Å². The number of alkyl halides is 3. The number of aromatic nitrogens is 3. The van der Waals surface area contributed by atoms with Gasteiger partial charge in [-0.05, 0) is 50.3 Å². The fourth-order valence-electron chi connectivity index (χ4n) is 5.10. The van der Waals surface area contributed by atoms with Gasteiger partial charge < -0.3 is 14.1 Å². The standard InChI is InChI=1S/C22H22ClF3N4O3/c23-18-19(21(31)33-12-13-5-3-9-29-8-2-1-6-15(13)29)28-30-17(22(24,25)26)11-14(27-20(18)30)16-7-4-10-32-16/h4,7,10-11,13,15H,1-3,5-6,8-9,12H2/p+1/t13-,15-/m0/s1. The number of nitrogens with zero attached hydrogens (tertiary/aromatic N) is 3. The predicted molar refractivity (Wildman–Crippen MR) is 112 cm³/mol. The van der Waals surface area contributed by atoms with Crippen molar-refractivity contribution in [1.29, 1.82) is 0 Å². The van der Waals surface area contributed by atoms with Gasteiger partial charge in [0.1, 0.15) is 17.3 Å². The molecule has 2 aliphatic rings. The Morgan fingerprint density at radius 1 is 1.27 bits per heavy atom. The van der Waals surface area contributed by atoms with E-state index in [2.05, 4.69) is 10.1 Å². The van der Waals surface area contributed by atoms with Crippen molar-refractivity contribution >= 4 is 23.2 Å². The van der Waals surface area contributed by atoms with Crippen molar-refractivity contribution in [2.24, 2.45) is 5.92 Å². The van der Waals surface area contributed by atoms with Gasteiger partial charge in [0.25, 0.3) is 0 Å². The van der Waals surface area contributed by atoms with E-state index in [9.17, 15) is 18.0 Å². The topological polar surface area (TPSA) is 74.1 Å². The average molecular weight is 484 g/mol. The molecule has 5 rings (SSSR count). The number of hydrogen-bond donors (Lipinski definition) is 1. The van der Waals surface area contributed by atoms with E-state index in [1.54, 1.807) is 4.90 Å². The highest BCUT2D eigenvalue weighted by Crippen LogP contribution is 2.35. The number of carbonyl (C=O) groups is 1. The molecule has 2 saturated heterocycles. The van der Waals surface area contributed by atoms with Crippen molar-refractivity contribution in [2.75, 3.05) is 19.7 Å². The van der Waals surface area contributed by atoms with Gasteiger partial charge in [-0.3, -0.25) is 0 Å². The maximum absolute atomic E-state index is 13.7. The van der Waals surface area contributed by atoms with Crippen molar-refractivity contribution in [2.45, 2.75) is 44.3 Å². The summed E-state index contributed by atoms with van der Waals surface area (Å²) in [6.45, 7) is 2.48. The molecule has 0 radical (unpaired) electrons. The number of fused-ring (bicyclic) bond motifs is 2. The smallest absolute Gasteiger partial charge is 0.433 e. The number of furan rings is 1. The summed E-state index contributed by atoms with van der Waals surface area (Å²) in [6.07, 6.45) is 2.08. The van der Waals surface area contributed by atoms with Crippen molar-refractivity contribution < 1.29 is 32.0 Å². The molecule has 2 fully saturated rings. The van der Waals surface area contributed by atoms with Crippen LogP contribution in [0.25, 0.3) is 17.1 Å². The molecule has 2 aliphatic heterocycles. The van der Waals surface area contributed by atoms with Gasteiger partial charge in [-0.15, -0.1) is 0 Å². The lowest BCUT2D eigenvalue weighted by molar-refractivity contribution is -0.940. The first kappa shape index (κ1) is 22.2. The molecule has 0 amide bonds. The van der Waals surface area contributed by atoms with Crippen molar-refractivity contribution in [3.05, 3.63) is 40.9 Å². The van der Waals surface area contributed by atoms with Crippen LogP contribution in [-0.2, 0) is 10.9 Å². The highest BCUT2D eigenvalue weighted by atomic mass is 35.5. The van der Waals surface area contributed by atoms with Gasteiger partial charge in [-0.1, -0.05) is 11.6 Å². The SMILES string of the molecule is O=C(OC[C@@H]1CCC[NH+]2CCCC[C@@H]12)c1nn2c(C(F)(F)F)cc(-c3ccco3)nc2c1Cl. The summed E-state index contributed by atoms with van der Waals surface area (Å²) in [5.41, 5.74) is -1.85. The Hall–Kier alpha value is -2.59. The fourth-order valence-corrected chi connectivity index (χ4v) is 5.34. The van der Waals surface area contributed by atoms with E-state index < -0.39 is 17.8 Å². The van der Waals surface area contributed by atoms with Crippen LogP contribution >= 0.6 is 11.6 Å². The summed E-state index contributed by atoms with van der Waals surface area (Å²) >= 11 is 6.29. The van der Waals surface area contributed by atoms with Crippen LogP contribution < -0.4 is 4.90 Å². The lowest BCUT2D eigenvalue weighted by Gasteiger charge is -2.40. The van der Waals surface area contributed by atoms with Gasteiger partial charge in [0.2, 0.25) is 0 Å². The zero-order valence-corrected chi connectivity index (χ0v) is 18.5. The molecule has 3 aromatic rings. The zero-order valence-electron chi connectivity index (χ0n) is 17.7. The van der Waals surface area contributed by atoms with Crippen LogP contribution in [0.5, 0.6) is 0 Å². The van der Waals surface area contributed by atoms with Gasteiger partial charge >= 0.3 is 12.1 Å². The summed E-state index contributed by atoms with van der Waals surface area (Å²) in [6, 6.07) is 4.29. The number of rotatable bonds is 4. The molecule has 1 unspecified atom stereocenters. The number of halogens is 4. The first-order valence-electron chi connectivity index (χ1n) is 11.0.